The van der Waals surface area contributed by atoms with E-state index < -0.39 is 0 Å². The number of anilines is 1. The van der Waals surface area contributed by atoms with Crippen molar-refractivity contribution in [1.82, 2.24) is 5.01 Å². The number of nitrogens with zero attached hydrogens (tertiary/aromatic N) is 3. The van der Waals surface area contributed by atoms with Crippen LogP contribution in [0.15, 0.2) is 66.7 Å². The first-order valence-electron chi connectivity index (χ1n) is 10.7. The van der Waals surface area contributed by atoms with E-state index in [-0.39, 0.29) is 6.10 Å². The Morgan fingerprint density at radius 3 is 2.27 bits per heavy atom. The summed E-state index contributed by atoms with van der Waals surface area (Å²) in [7, 11) is 2.13. The summed E-state index contributed by atoms with van der Waals surface area (Å²) in [5, 5.41) is 16.0. The van der Waals surface area contributed by atoms with Gasteiger partial charge >= 0.3 is 0 Å². The highest BCUT2D eigenvalue weighted by Crippen LogP contribution is 2.31. The van der Waals surface area contributed by atoms with Crippen molar-refractivity contribution in [3.05, 3.63) is 77.9 Å². The summed E-state index contributed by atoms with van der Waals surface area (Å²) in [6.07, 6.45) is 2.70. The van der Waals surface area contributed by atoms with Crippen LogP contribution in [-0.4, -0.2) is 31.8 Å². The van der Waals surface area contributed by atoms with Crippen molar-refractivity contribution in [3.8, 4) is 6.07 Å². The molecule has 4 heteroatoms. The molecule has 0 bridgehead atoms. The molecule has 4 nitrogen and oxygen atoms in total. The number of benzene rings is 3. The molecular formula is C26H31N3O. The van der Waals surface area contributed by atoms with E-state index in [0.29, 0.717) is 0 Å². The van der Waals surface area contributed by atoms with E-state index in [1.54, 1.807) is 0 Å². The third-order valence-corrected chi connectivity index (χ3v) is 5.50. The minimum Gasteiger partial charge on any atom is -0.374 e. The average molecular weight is 402 g/mol. The molecule has 0 saturated carbocycles. The van der Waals surface area contributed by atoms with Gasteiger partial charge in [-0.25, -0.2) is 5.01 Å². The monoisotopic (exact) mass is 401 g/mol. The van der Waals surface area contributed by atoms with Gasteiger partial charge in [0.25, 0.3) is 0 Å². The minimum atomic E-state index is 0.223. The average Bonchev–Trinajstić information content (AvgIpc) is 2.80. The van der Waals surface area contributed by atoms with Crippen LogP contribution in [0.25, 0.3) is 10.8 Å². The van der Waals surface area contributed by atoms with Crippen molar-refractivity contribution in [2.24, 2.45) is 0 Å². The zero-order chi connectivity index (χ0) is 21.3. The Labute approximate surface area is 180 Å². The lowest BCUT2D eigenvalue weighted by Gasteiger charge is -2.38. The Bertz CT molecular complexity index is 980. The van der Waals surface area contributed by atoms with Gasteiger partial charge in [-0.05, 0) is 44.4 Å². The lowest BCUT2D eigenvalue weighted by Crippen LogP contribution is -2.44. The van der Waals surface area contributed by atoms with E-state index in [4.69, 9.17) is 4.74 Å². The summed E-state index contributed by atoms with van der Waals surface area (Å²) in [6, 6.07) is 24.7. The number of hydrogen-bond donors (Lipinski definition) is 0. The number of rotatable bonds is 4. The second kappa shape index (κ2) is 10.8. The third kappa shape index (κ3) is 5.18. The fourth-order valence-electron chi connectivity index (χ4n) is 3.87. The molecule has 0 radical (unpaired) electrons. The summed E-state index contributed by atoms with van der Waals surface area (Å²) in [4.78, 5) is 0. The first-order valence-corrected chi connectivity index (χ1v) is 10.7. The Morgan fingerprint density at radius 1 is 0.933 bits per heavy atom. The molecule has 1 atom stereocenters. The molecule has 3 aromatic rings. The highest BCUT2D eigenvalue weighted by Gasteiger charge is 2.19. The fraction of sp³-hybridized carbons (Fsp3) is 0.346. The first-order chi connectivity index (χ1) is 14.7. The van der Waals surface area contributed by atoms with E-state index in [1.807, 2.05) is 49.4 Å². The second-order valence-corrected chi connectivity index (χ2v) is 7.51. The zero-order valence-corrected chi connectivity index (χ0v) is 18.2. The molecule has 1 fully saturated rings. The molecule has 4 rings (SSSR count). The molecular weight excluding hydrogens is 370 g/mol. The van der Waals surface area contributed by atoms with Gasteiger partial charge in [0.15, 0.2) is 0 Å². The second-order valence-electron chi connectivity index (χ2n) is 7.51. The van der Waals surface area contributed by atoms with Gasteiger partial charge in [-0.1, -0.05) is 54.6 Å². The fourth-order valence-corrected chi connectivity index (χ4v) is 3.87. The standard InChI is InChI=1S/C16H17N3.C10H14O/c1-18-10-4-5-11-19(18)16-9-8-13(12-17)14-6-2-3-7-15(14)16;1-3-11-9(2)10-7-5-4-6-8-10/h2-3,6-9H,4-5,10-11H2,1H3;4-9H,3H2,1-2H3. The number of nitriles is 1. The SMILES string of the molecule is CCOC(C)c1ccccc1.CN1CCCCN1c1ccc(C#N)c2ccccc12. The first kappa shape index (κ1) is 21.8. The maximum absolute atomic E-state index is 9.21. The summed E-state index contributed by atoms with van der Waals surface area (Å²) < 4.78 is 5.43. The molecule has 1 heterocycles. The molecule has 0 aromatic heterocycles. The van der Waals surface area contributed by atoms with Crippen LogP contribution in [0, 0.1) is 11.3 Å². The van der Waals surface area contributed by atoms with Gasteiger partial charge in [0.1, 0.15) is 0 Å². The molecule has 0 amide bonds. The predicted molar refractivity (Wildman–Crippen MR) is 124 cm³/mol. The van der Waals surface area contributed by atoms with Crippen LogP contribution in [-0.2, 0) is 4.74 Å². The molecule has 30 heavy (non-hydrogen) atoms. The molecule has 1 saturated heterocycles. The Kier molecular flexibility index (Phi) is 7.84. The molecule has 1 aliphatic rings. The maximum atomic E-state index is 9.21. The van der Waals surface area contributed by atoms with Gasteiger partial charge in [0, 0.05) is 37.5 Å². The van der Waals surface area contributed by atoms with Crippen LogP contribution in [0.3, 0.4) is 0 Å². The number of fused-ring (bicyclic) bond motifs is 1. The smallest absolute Gasteiger partial charge is 0.0998 e. The van der Waals surface area contributed by atoms with Crippen LogP contribution < -0.4 is 5.01 Å². The Balaban J connectivity index is 0.000000199. The van der Waals surface area contributed by atoms with Crippen molar-refractivity contribution in [2.45, 2.75) is 32.8 Å². The van der Waals surface area contributed by atoms with Gasteiger partial charge in [-0.15, -0.1) is 0 Å². The van der Waals surface area contributed by atoms with E-state index in [9.17, 15) is 5.26 Å². The zero-order valence-electron chi connectivity index (χ0n) is 18.2. The maximum Gasteiger partial charge on any atom is 0.0998 e. The molecule has 0 spiro atoms. The lowest BCUT2D eigenvalue weighted by atomic mass is 10.0. The van der Waals surface area contributed by atoms with Gasteiger partial charge in [-0.2, -0.15) is 5.26 Å². The minimum absolute atomic E-state index is 0.223. The van der Waals surface area contributed by atoms with E-state index in [1.165, 1.54) is 24.1 Å². The number of hydrazine groups is 1. The molecule has 156 valence electrons. The third-order valence-electron chi connectivity index (χ3n) is 5.50. The number of ether oxygens (including phenoxy) is 1. The van der Waals surface area contributed by atoms with Crippen molar-refractivity contribution >= 4 is 16.5 Å². The van der Waals surface area contributed by atoms with Crippen LogP contribution in [0.1, 0.15) is 43.9 Å². The Morgan fingerprint density at radius 2 is 1.60 bits per heavy atom. The summed E-state index contributed by atoms with van der Waals surface area (Å²) >= 11 is 0. The highest BCUT2D eigenvalue weighted by molar-refractivity contribution is 5.97. The van der Waals surface area contributed by atoms with Gasteiger partial charge in [0.2, 0.25) is 0 Å². The van der Waals surface area contributed by atoms with Crippen molar-refractivity contribution in [1.29, 1.82) is 5.26 Å². The van der Waals surface area contributed by atoms with E-state index in [2.05, 4.69) is 54.3 Å². The summed E-state index contributed by atoms with van der Waals surface area (Å²) in [5.41, 5.74) is 3.20. The van der Waals surface area contributed by atoms with E-state index in [0.717, 1.165) is 36.0 Å². The van der Waals surface area contributed by atoms with Crippen molar-refractivity contribution < 1.29 is 4.74 Å². The Hall–Kier alpha value is -2.87. The predicted octanol–water partition coefficient (Wildman–Crippen LogP) is 5.94. The van der Waals surface area contributed by atoms with Crippen LogP contribution in [0.5, 0.6) is 0 Å². The summed E-state index contributed by atoms with van der Waals surface area (Å²) in [5.74, 6) is 0. The van der Waals surface area contributed by atoms with Crippen LogP contribution >= 0.6 is 0 Å². The highest BCUT2D eigenvalue weighted by atomic mass is 16.5. The van der Waals surface area contributed by atoms with E-state index >= 15 is 0 Å². The molecule has 3 aromatic carbocycles. The topological polar surface area (TPSA) is 39.5 Å². The van der Waals surface area contributed by atoms with Crippen molar-refractivity contribution in [2.75, 3.05) is 31.8 Å². The quantitative estimate of drug-likeness (QED) is 0.542. The summed E-state index contributed by atoms with van der Waals surface area (Å²) in [6.45, 7) is 7.00. The molecule has 1 unspecified atom stereocenters. The van der Waals surface area contributed by atoms with Gasteiger partial charge < -0.3 is 9.75 Å². The molecule has 1 aliphatic heterocycles. The largest absolute Gasteiger partial charge is 0.374 e. The van der Waals surface area contributed by atoms with Crippen LogP contribution in [0.4, 0.5) is 5.69 Å². The lowest BCUT2D eigenvalue weighted by molar-refractivity contribution is 0.0764. The molecule has 0 aliphatic carbocycles. The normalized spacial score (nSPS) is 15.2. The van der Waals surface area contributed by atoms with Crippen LogP contribution in [0.2, 0.25) is 0 Å². The van der Waals surface area contributed by atoms with Crippen molar-refractivity contribution in [3.63, 3.8) is 0 Å². The molecule has 0 N–H and O–H groups in total. The van der Waals surface area contributed by atoms with Gasteiger partial charge in [-0.3, -0.25) is 0 Å². The number of hydrogen-bond acceptors (Lipinski definition) is 4. The van der Waals surface area contributed by atoms with Gasteiger partial charge in [0.05, 0.1) is 23.4 Å².